The van der Waals surface area contributed by atoms with Crippen LogP contribution < -0.4 is 5.32 Å². The SMILES string of the molecule is O=C(CS(=O)(=O)Cc1ccc(F)cc1)Nc1ccccc1F. The summed E-state index contributed by atoms with van der Waals surface area (Å²) in [5.74, 6) is -3.12. The lowest BCUT2D eigenvalue weighted by Gasteiger charge is -2.07. The number of nitrogens with one attached hydrogen (secondary N) is 1. The van der Waals surface area contributed by atoms with Gasteiger partial charge in [-0.05, 0) is 29.8 Å². The van der Waals surface area contributed by atoms with E-state index in [9.17, 15) is 22.0 Å². The molecule has 116 valence electrons. The Morgan fingerprint density at radius 3 is 2.27 bits per heavy atom. The maximum Gasteiger partial charge on any atom is 0.239 e. The monoisotopic (exact) mass is 325 g/mol. The van der Waals surface area contributed by atoms with Crippen LogP contribution in [0, 0.1) is 11.6 Å². The molecule has 0 heterocycles. The van der Waals surface area contributed by atoms with Crippen molar-refractivity contribution in [2.45, 2.75) is 5.75 Å². The lowest BCUT2D eigenvalue weighted by molar-refractivity contribution is -0.113. The lowest BCUT2D eigenvalue weighted by Crippen LogP contribution is -2.24. The quantitative estimate of drug-likeness (QED) is 0.919. The van der Waals surface area contributed by atoms with Crippen molar-refractivity contribution in [3.8, 4) is 0 Å². The number of para-hydroxylation sites is 1. The van der Waals surface area contributed by atoms with E-state index in [1.807, 2.05) is 0 Å². The Morgan fingerprint density at radius 2 is 1.64 bits per heavy atom. The second kappa shape index (κ2) is 6.65. The molecule has 0 atom stereocenters. The fraction of sp³-hybridized carbons (Fsp3) is 0.133. The largest absolute Gasteiger partial charge is 0.323 e. The highest BCUT2D eigenvalue weighted by Gasteiger charge is 2.18. The Hall–Kier alpha value is -2.28. The summed E-state index contributed by atoms with van der Waals surface area (Å²) < 4.78 is 50.0. The summed E-state index contributed by atoms with van der Waals surface area (Å²) in [6, 6.07) is 10.4. The summed E-state index contributed by atoms with van der Waals surface area (Å²) in [4.78, 5) is 11.7. The first kappa shape index (κ1) is 16.1. The van der Waals surface area contributed by atoms with Crippen LogP contribution in [0.3, 0.4) is 0 Å². The molecular weight excluding hydrogens is 312 g/mol. The summed E-state index contributed by atoms with van der Waals surface area (Å²) in [7, 11) is -3.74. The Bertz CT molecular complexity index is 774. The van der Waals surface area contributed by atoms with Crippen LogP contribution >= 0.6 is 0 Å². The minimum atomic E-state index is -3.74. The predicted octanol–water partition coefficient (Wildman–Crippen LogP) is 2.52. The number of rotatable bonds is 5. The normalized spacial score (nSPS) is 11.2. The number of sulfone groups is 1. The average Bonchev–Trinajstić information content (AvgIpc) is 2.43. The van der Waals surface area contributed by atoms with E-state index in [0.29, 0.717) is 5.56 Å². The average molecular weight is 325 g/mol. The number of carbonyl (C=O) groups excluding carboxylic acids is 1. The van der Waals surface area contributed by atoms with Crippen LogP contribution in [0.1, 0.15) is 5.56 Å². The zero-order chi connectivity index (χ0) is 16.2. The van der Waals surface area contributed by atoms with Crippen molar-refractivity contribution in [2.24, 2.45) is 0 Å². The van der Waals surface area contributed by atoms with Crippen LogP contribution in [-0.2, 0) is 20.4 Å². The van der Waals surface area contributed by atoms with Crippen LogP contribution in [0.5, 0.6) is 0 Å². The maximum atomic E-state index is 13.4. The van der Waals surface area contributed by atoms with E-state index in [1.54, 1.807) is 0 Å². The van der Waals surface area contributed by atoms with Crippen molar-refractivity contribution in [2.75, 3.05) is 11.1 Å². The Morgan fingerprint density at radius 1 is 1.00 bits per heavy atom. The molecule has 0 aromatic heterocycles. The molecule has 4 nitrogen and oxygen atoms in total. The molecule has 2 rings (SSSR count). The third-order valence-electron chi connectivity index (χ3n) is 2.80. The van der Waals surface area contributed by atoms with Gasteiger partial charge in [-0.3, -0.25) is 4.79 Å². The van der Waals surface area contributed by atoms with Gasteiger partial charge in [-0.1, -0.05) is 24.3 Å². The van der Waals surface area contributed by atoms with Crippen LogP contribution in [0.2, 0.25) is 0 Å². The first-order valence-corrected chi connectivity index (χ1v) is 8.17. The van der Waals surface area contributed by atoms with Gasteiger partial charge in [-0.2, -0.15) is 0 Å². The van der Waals surface area contributed by atoms with Gasteiger partial charge >= 0.3 is 0 Å². The zero-order valence-electron chi connectivity index (χ0n) is 11.4. The molecular formula is C15H13F2NO3S. The van der Waals surface area contributed by atoms with E-state index in [-0.39, 0.29) is 5.69 Å². The highest BCUT2D eigenvalue weighted by atomic mass is 32.2. The highest BCUT2D eigenvalue weighted by Crippen LogP contribution is 2.13. The summed E-state index contributed by atoms with van der Waals surface area (Å²) in [6.45, 7) is 0. The van der Waals surface area contributed by atoms with Gasteiger partial charge in [0.15, 0.2) is 9.84 Å². The van der Waals surface area contributed by atoms with Crippen molar-refractivity contribution in [1.29, 1.82) is 0 Å². The molecule has 7 heteroatoms. The van der Waals surface area contributed by atoms with E-state index >= 15 is 0 Å². The number of benzene rings is 2. The Balaban J connectivity index is 2.01. The second-order valence-corrected chi connectivity index (χ2v) is 6.75. The molecule has 1 N–H and O–H groups in total. The highest BCUT2D eigenvalue weighted by molar-refractivity contribution is 7.91. The molecule has 2 aromatic rings. The van der Waals surface area contributed by atoms with Gasteiger partial charge in [0.25, 0.3) is 0 Å². The molecule has 0 aliphatic heterocycles. The molecule has 0 fully saturated rings. The molecule has 0 aliphatic rings. The smallest absolute Gasteiger partial charge is 0.239 e. The van der Waals surface area contributed by atoms with Gasteiger partial charge in [0, 0.05) is 0 Å². The fourth-order valence-corrected chi connectivity index (χ4v) is 3.11. The zero-order valence-corrected chi connectivity index (χ0v) is 12.2. The lowest BCUT2D eigenvalue weighted by atomic mass is 10.2. The molecule has 0 aliphatic carbocycles. The van der Waals surface area contributed by atoms with E-state index in [2.05, 4.69) is 5.32 Å². The predicted molar refractivity (Wildman–Crippen MR) is 78.9 cm³/mol. The molecule has 0 bridgehead atoms. The van der Waals surface area contributed by atoms with E-state index in [1.165, 1.54) is 30.3 Å². The number of anilines is 1. The third kappa shape index (κ3) is 4.63. The molecule has 2 aromatic carbocycles. The van der Waals surface area contributed by atoms with Crippen LogP contribution in [0.4, 0.5) is 14.5 Å². The summed E-state index contributed by atoms with van der Waals surface area (Å²) in [6.07, 6.45) is 0. The van der Waals surface area contributed by atoms with Gasteiger partial charge < -0.3 is 5.32 Å². The molecule has 0 unspecified atom stereocenters. The summed E-state index contributed by atoms with van der Waals surface area (Å²) in [5.41, 5.74) is 0.296. The molecule has 0 spiro atoms. The van der Waals surface area contributed by atoms with Crippen molar-refractivity contribution in [1.82, 2.24) is 0 Å². The van der Waals surface area contributed by atoms with Gasteiger partial charge in [0.1, 0.15) is 17.4 Å². The first-order valence-electron chi connectivity index (χ1n) is 6.35. The molecule has 0 saturated carbocycles. The minimum Gasteiger partial charge on any atom is -0.323 e. The topological polar surface area (TPSA) is 63.2 Å². The summed E-state index contributed by atoms with van der Waals surface area (Å²) in [5, 5.41) is 2.21. The van der Waals surface area contributed by atoms with Gasteiger partial charge in [0.2, 0.25) is 5.91 Å². The summed E-state index contributed by atoms with van der Waals surface area (Å²) >= 11 is 0. The van der Waals surface area contributed by atoms with E-state index in [4.69, 9.17) is 0 Å². The first-order chi connectivity index (χ1) is 10.4. The maximum absolute atomic E-state index is 13.4. The van der Waals surface area contributed by atoms with E-state index < -0.39 is 38.9 Å². The van der Waals surface area contributed by atoms with E-state index in [0.717, 1.165) is 18.2 Å². The standard InChI is InChI=1S/C15H13F2NO3S/c16-12-7-5-11(6-8-12)9-22(20,21)10-15(19)18-14-4-2-1-3-13(14)17/h1-8H,9-10H2,(H,18,19). The number of hydrogen-bond donors (Lipinski definition) is 1. The number of amides is 1. The van der Waals surface area contributed by atoms with Gasteiger partial charge in [-0.25, -0.2) is 17.2 Å². The molecule has 0 radical (unpaired) electrons. The van der Waals surface area contributed by atoms with Gasteiger partial charge in [0.05, 0.1) is 11.4 Å². The van der Waals surface area contributed by atoms with Gasteiger partial charge in [-0.15, -0.1) is 0 Å². The van der Waals surface area contributed by atoms with Crippen molar-refractivity contribution < 1.29 is 22.0 Å². The second-order valence-electron chi connectivity index (χ2n) is 4.69. The van der Waals surface area contributed by atoms with Crippen LogP contribution in [-0.4, -0.2) is 20.1 Å². The Kier molecular flexibility index (Phi) is 4.87. The van der Waals surface area contributed by atoms with Crippen LogP contribution in [0.15, 0.2) is 48.5 Å². The van der Waals surface area contributed by atoms with Crippen LogP contribution in [0.25, 0.3) is 0 Å². The fourth-order valence-electron chi connectivity index (χ4n) is 1.83. The molecule has 1 amide bonds. The number of carbonyl (C=O) groups is 1. The van der Waals surface area contributed by atoms with Crippen molar-refractivity contribution in [3.63, 3.8) is 0 Å². The Labute approximate surface area is 126 Å². The number of halogens is 2. The van der Waals surface area contributed by atoms with Crippen molar-refractivity contribution in [3.05, 3.63) is 65.7 Å². The number of hydrogen-bond acceptors (Lipinski definition) is 3. The van der Waals surface area contributed by atoms with Crippen molar-refractivity contribution >= 4 is 21.4 Å². The molecule has 22 heavy (non-hydrogen) atoms. The third-order valence-corrected chi connectivity index (χ3v) is 4.27. The minimum absolute atomic E-state index is 0.0792. The molecule has 0 saturated heterocycles.